The number of hydrogen-bond acceptors (Lipinski definition) is 2. The van der Waals surface area contributed by atoms with Crippen molar-refractivity contribution in [3.8, 4) is 0 Å². The van der Waals surface area contributed by atoms with Crippen molar-refractivity contribution < 1.29 is 14.7 Å². The smallest absolute Gasteiger partial charge is 0.326 e. The fourth-order valence-corrected chi connectivity index (χ4v) is 1.88. The van der Waals surface area contributed by atoms with Gasteiger partial charge in [0.15, 0.2) is 0 Å². The predicted molar refractivity (Wildman–Crippen MR) is 74.7 cm³/mol. The first-order chi connectivity index (χ1) is 8.88. The van der Waals surface area contributed by atoms with Gasteiger partial charge in [-0.3, -0.25) is 0 Å². The van der Waals surface area contributed by atoms with Crippen LogP contribution in [0.5, 0.6) is 0 Å². The molecule has 6 heteroatoms. The highest BCUT2D eigenvalue weighted by Gasteiger charge is 2.24. The zero-order valence-electron chi connectivity index (χ0n) is 11.1. The van der Waals surface area contributed by atoms with Crippen molar-refractivity contribution in [2.45, 2.75) is 26.3 Å². The van der Waals surface area contributed by atoms with Crippen molar-refractivity contribution in [2.75, 3.05) is 12.4 Å². The van der Waals surface area contributed by atoms with Gasteiger partial charge in [-0.15, -0.1) is 0 Å². The predicted octanol–water partition coefficient (Wildman–Crippen LogP) is 2.98. The molecule has 0 aliphatic rings. The fraction of sp³-hybridized carbons (Fsp3) is 0.385. The number of urea groups is 1. The Morgan fingerprint density at radius 1 is 1.47 bits per heavy atom. The summed E-state index contributed by atoms with van der Waals surface area (Å²) in [5, 5.41) is 12.2. The van der Waals surface area contributed by atoms with Crippen molar-refractivity contribution >= 4 is 29.3 Å². The van der Waals surface area contributed by atoms with E-state index in [1.54, 1.807) is 32.0 Å². The number of carboxylic acid groups (broad SMARTS) is 1. The first-order valence-corrected chi connectivity index (χ1v) is 6.28. The van der Waals surface area contributed by atoms with Gasteiger partial charge in [0.2, 0.25) is 0 Å². The number of rotatable bonds is 4. The van der Waals surface area contributed by atoms with Gasteiger partial charge in [-0.1, -0.05) is 24.6 Å². The van der Waals surface area contributed by atoms with E-state index in [2.05, 4.69) is 5.32 Å². The second-order valence-corrected chi connectivity index (χ2v) is 4.62. The molecule has 0 radical (unpaired) electrons. The molecular formula is C13H17ClN2O3. The SMILES string of the molecule is CCC(C(=O)O)N(C)C(=O)Nc1cccc(Cl)c1C. The molecule has 0 saturated heterocycles. The van der Waals surface area contributed by atoms with Crippen molar-refractivity contribution in [3.63, 3.8) is 0 Å². The summed E-state index contributed by atoms with van der Waals surface area (Å²) < 4.78 is 0. The van der Waals surface area contributed by atoms with E-state index in [1.165, 1.54) is 11.9 Å². The molecule has 0 spiro atoms. The Morgan fingerprint density at radius 2 is 2.11 bits per heavy atom. The van der Waals surface area contributed by atoms with Gasteiger partial charge in [0.05, 0.1) is 0 Å². The van der Waals surface area contributed by atoms with E-state index in [0.717, 1.165) is 5.56 Å². The largest absolute Gasteiger partial charge is 0.480 e. The van der Waals surface area contributed by atoms with Crippen LogP contribution in [0, 0.1) is 6.92 Å². The standard InChI is InChI=1S/C13H17ClN2O3/c1-4-11(12(17)18)16(3)13(19)15-10-7-5-6-9(14)8(10)2/h5-7,11H,4H2,1-3H3,(H,15,19)(H,17,18). The molecule has 104 valence electrons. The molecule has 0 saturated carbocycles. The van der Waals surface area contributed by atoms with Crippen molar-refractivity contribution in [3.05, 3.63) is 28.8 Å². The third-order valence-corrected chi connectivity index (χ3v) is 3.38. The molecule has 0 bridgehead atoms. The minimum Gasteiger partial charge on any atom is -0.480 e. The van der Waals surface area contributed by atoms with Gasteiger partial charge in [-0.2, -0.15) is 0 Å². The zero-order chi connectivity index (χ0) is 14.6. The maximum Gasteiger partial charge on any atom is 0.326 e. The zero-order valence-corrected chi connectivity index (χ0v) is 11.9. The molecule has 0 heterocycles. The van der Waals surface area contributed by atoms with Crippen molar-refractivity contribution in [1.29, 1.82) is 0 Å². The molecule has 2 N–H and O–H groups in total. The van der Waals surface area contributed by atoms with Crippen LogP contribution in [0.15, 0.2) is 18.2 Å². The van der Waals surface area contributed by atoms with Crippen LogP contribution in [0.25, 0.3) is 0 Å². The number of hydrogen-bond donors (Lipinski definition) is 2. The molecule has 1 atom stereocenters. The second-order valence-electron chi connectivity index (χ2n) is 4.22. The quantitative estimate of drug-likeness (QED) is 0.893. The molecule has 1 aromatic rings. The molecule has 1 aromatic carbocycles. The normalized spacial score (nSPS) is 11.8. The number of likely N-dealkylation sites (N-methyl/N-ethyl adjacent to an activating group) is 1. The van der Waals surface area contributed by atoms with Gasteiger partial charge in [-0.25, -0.2) is 9.59 Å². The highest BCUT2D eigenvalue weighted by molar-refractivity contribution is 6.31. The summed E-state index contributed by atoms with van der Waals surface area (Å²) >= 11 is 5.96. The van der Waals surface area contributed by atoms with Crippen LogP contribution in [-0.4, -0.2) is 35.1 Å². The first kappa shape index (κ1) is 15.3. The number of amides is 2. The number of aliphatic carboxylic acids is 1. The lowest BCUT2D eigenvalue weighted by Gasteiger charge is -2.24. The number of nitrogens with zero attached hydrogens (tertiary/aromatic N) is 1. The summed E-state index contributed by atoms with van der Waals surface area (Å²) in [6.45, 7) is 3.50. The van der Waals surface area contributed by atoms with E-state index in [9.17, 15) is 9.59 Å². The minimum atomic E-state index is -1.03. The highest BCUT2D eigenvalue weighted by atomic mass is 35.5. The second kappa shape index (κ2) is 6.43. The Hall–Kier alpha value is -1.75. The van der Waals surface area contributed by atoms with Gasteiger partial charge >= 0.3 is 12.0 Å². The van der Waals surface area contributed by atoms with E-state index in [0.29, 0.717) is 17.1 Å². The molecule has 5 nitrogen and oxygen atoms in total. The summed E-state index contributed by atoms with van der Waals surface area (Å²) in [4.78, 5) is 24.2. The van der Waals surface area contributed by atoms with Gasteiger partial charge < -0.3 is 15.3 Å². The Balaban J connectivity index is 2.85. The van der Waals surface area contributed by atoms with E-state index in [4.69, 9.17) is 16.7 Å². The fourth-order valence-electron chi connectivity index (χ4n) is 1.70. The van der Waals surface area contributed by atoms with Crippen LogP contribution < -0.4 is 5.32 Å². The third-order valence-electron chi connectivity index (χ3n) is 2.97. The van der Waals surface area contributed by atoms with Crippen LogP contribution in [0.4, 0.5) is 10.5 Å². The molecular weight excluding hydrogens is 268 g/mol. The van der Waals surface area contributed by atoms with Crippen LogP contribution >= 0.6 is 11.6 Å². The van der Waals surface area contributed by atoms with Gasteiger partial charge in [0.25, 0.3) is 0 Å². The molecule has 1 rings (SSSR count). The average molecular weight is 285 g/mol. The van der Waals surface area contributed by atoms with Crippen LogP contribution in [0.1, 0.15) is 18.9 Å². The summed E-state index contributed by atoms with van der Waals surface area (Å²) in [5.41, 5.74) is 1.32. The Kier molecular flexibility index (Phi) is 5.18. The lowest BCUT2D eigenvalue weighted by Crippen LogP contribution is -2.44. The number of carbonyl (C=O) groups is 2. The Labute approximate surface area is 117 Å². The van der Waals surface area contributed by atoms with E-state index >= 15 is 0 Å². The summed E-state index contributed by atoms with van der Waals surface area (Å²) in [5.74, 6) is -1.03. The van der Waals surface area contributed by atoms with E-state index in [-0.39, 0.29) is 0 Å². The number of halogens is 1. The third kappa shape index (κ3) is 3.61. The Morgan fingerprint density at radius 3 is 2.63 bits per heavy atom. The number of carbonyl (C=O) groups excluding carboxylic acids is 1. The van der Waals surface area contributed by atoms with Gasteiger partial charge in [-0.05, 0) is 31.0 Å². The molecule has 0 aromatic heterocycles. The molecule has 2 amide bonds. The number of carboxylic acids is 1. The van der Waals surface area contributed by atoms with Gasteiger partial charge in [0.1, 0.15) is 6.04 Å². The van der Waals surface area contributed by atoms with Crippen LogP contribution in [0.2, 0.25) is 5.02 Å². The summed E-state index contributed by atoms with van der Waals surface area (Å²) in [7, 11) is 1.46. The lowest BCUT2D eigenvalue weighted by atomic mass is 10.2. The molecule has 0 aliphatic heterocycles. The van der Waals surface area contributed by atoms with Crippen molar-refractivity contribution in [2.24, 2.45) is 0 Å². The van der Waals surface area contributed by atoms with E-state index in [1.807, 2.05) is 0 Å². The number of nitrogens with one attached hydrogen (secondary N) is 1. The van der Waals surface area contributed by atoms with Crippen LogP contribution in [0.3, 0.4) is 0 Å². The summed E-state index contributed by atoms with van der Waals surface area (Å²) in [6.07, 6.45) is 0.341. The Bertz CT molecular complexity index is 491. The molecule has 19 heavy (non-hydrogen) atoms. The van der Waals surface area contributed by atoms with E-state index < -0.39 is 18.0 Å². The average Bonchev–Trinajstić information content (AvgIpc) is 2.35. The highest BCUT2D eigenvalue weighted by Crippen LogP contribution is 2.23. The molecule has 0 aliphatic carbocycles. The maximum absolute atomic E-state index is 12.0. The lowest BCUT2D eigenvalue weighted by molar-refractivity contribution is -0.141. The molecule has 1 unspecified atom stereocenters. The van der Waals surface area contributed by atoms with Crippen LogP contribution in [-0.2, 0) is 4.79 Å². The maximum atomic E-state index is 12.0. The van der Waals surface area contributed by atoms with Gasteiger partial charge in [0, 0.05) is 17.8 Å². The monoisotopic (exact) mass is 284 g/mol. The first-order valence-electron chi connectivity index (χ1n) is 5.90. The van der Waals surface area contributed by atoms with Crippen molar-refractivity contribution in [1.82, 2.24) is 4.90 Å². The summed E-state index contributed by atoms with van der Waals surface area (Å²) in [6, 6.07) is 3.84. The number of anilines is 1. The number of benzene rings is 1. The molecule has 0 fully saturated rings. The minimum absolute atomic E-state index is 0.341. The topological polar surface area (TPSA) is 69.6 Å².